The summed E-state index contributed by atoms with van der Waals surface area (Å²) < 4.78 is 0. The number of amides is 4. The first-order valence-corrected chi connectivity index (χ1v) is 6.10. The Morgan fingerprint density at radius 3 is 2.70 bits per heavy atom. The molecule has 1 fully saturated rings. The van der Waals surface area contributed by atoms with Crippen molar-refractivity contribution in [1.29, 1.82) is 0 Å². The van der Waals surface area contributed by atoms with Gasteiger partial charge in [0, 0.05) is 0 Å². The summed E-state index contributed by atoms with van der Waals surface area (Å²) in [6.07, 6.45) is 1.33. The lowest BCUT2D eigenvalue weighted by Gasteiger charge is -2.17. The highest BCUT2D eigenvalue weighted by Crippen LogP contribution is 2.16. The Bertz CT molecular complexity index is 538. The Kier molecular flexibility index (Phi) is 3.43. The second-order valence-corrected chi connectivity index (χ2v) is 5.11. The number of H-pyrrole nitrogens is 1. The van der Waals surface area contributed by atoms with Crippen LogP contribution in [-0.2, 0) is 9.59 Å². The van der Waals surface area contributed by atoms with Gasteiger partial charge in [-0.25, -0.2) is 9.78 Å². The van der Waals surface area contributed by atoms with E-state index in [1.165, 1.54) is 6.33 Å². The predicted octanol–water partition coefficient (Wildman–Crippen LogP) is -0.688. The van der Waals surface area contributed by atoms with Crippen LogP contribution in [0.25, 0.3) is 0 Å². The molecule has 0 bridgehead atoms. The maximum absolute atomic E-state index is 11.9. The van der Waals surface area contributed by atoms with Crippen molar-refractivity contribution in [2.24, 2.45) is 0 Å². The van der Waals surface area contributed by atoms with Crippen LogP contribution >= 0.6 is 0 Å². The number of aromatic nitrogens is 3. The lowest BCUT2D eigenvalue weighted by molar-refractivity contribution is -0.134. The second-order valence-electron chi connectivity index (χ2n) is 5.11. The highest BCUT2D eigenvalue weighted by atomic mass is 16.2. The molecule has 0 radical (unpaired) electrons. The van der Waals surface area contributed by atoms with E-state index < -0.39 is 29.4 Å². The number of nitrogens with zero attached hydrogens (tertiary/aromatic N) is 3. The van der Waals surface area contributed by atoms with E-state index in [2.05, 4.69) is 25.8 Å². The Labute approximate surface area is 115 Å². The van der Waals surface area contributed by atoms with E-state index in [0.717, 1.165) is 4.90 Å². The molecule has 108 valence electrons. The molecule has 0 saturated carbocycles. The third-order valence-electron chi connectivity index (χ3n) is 2.97. The van der Waals surface area contributed by atoms with Crippen LogP contribution in [0.3, 0.4) is 0 Å². The summed E-state index contributed by atoms with van der Waals surface area (Å²) in [4.78, 5) is 40.2. The molecule has 1 unspecified atom stereocenters. The number of urea groups is 1. The fourth-order valence-electron chi connectivity index (χ4n) is 1.88. The molecule has 1 saturated heterocycles. The number of aromatic amines is 1. The van der Waals surface area contributed by atoms with Gasteiger partial charge in [-0.15, -0.1) is 0 Å². The molecule has 0 spiro atoms. The molecule has 0 aliphatic carbocycles. The highest BCUT2D eigenvalue weighted by Gasteiger charge is 2.44. The number of rotatable bonds is 4. The largest absolute Gasteiger partial charge is 0.345 e. The Balaban J connectivity index is 1.95. The minimum atomic E-state index is -0.978. The number of carbonyl (C=O) groups is 3. The van der Waals surface area contributed by atoms with Gasteiger partial charge in [-0.1, -0.05) is 0 Å². The molecule has 9 heteroatoms. The third kappa shape index (κ3) is 2.60. The Morgan fingerprint density at radius 2 is 2.20 bits per heavy atom. The van der Waals surface area contributed by atoms with E-state index in [1.807, 2.05) is 0 Å². The average molecular weight is 280 g/mol. The van der Waals surface area contributed by atoms with Crippen LogP contribution in [0.2, 0.25) is 0 Å². The molecule has 9 nitrogen and oxygen atoms in total. The van der Waals surface area contributed by atoms with E-state index in [1.54, 1.807) is 20.8 Å². The fraction of sp³-hybridized carbons (Fsp3) is 0.545. The van der Waals surface area contributed by atoms with E-state index in [4.69, 9.17) is 0 Å². The summed E-state index contributed by atoms with van der Waals surface area (Å²) in [5, 5.41) is 11.5. The van der Waals surface area contributed by atoms with Gasteiger partial charge >= 0.3 is 6.03 Å². The third-order valence-corrected chi connectivity index (χ3v) is 2.97. The van der Waals surface area contributed by atoms with Gasteiger partial charge in [-0.05, 0) is 20.8 Å². The molecule has 20 heavy (non-hydrogen) atoms. The van der Waals surface area contributed by atoms with E-state index in [9.17, 15) is 14.4 Å². The van der Waals surface area contributed by atoms with E-state index in [0.29, 0.717) is 5.82 Å². The first-order chi connectivity index (χ1) is 9.31. The minimum Gasteiger partial charge on any atom is -0.345 e. The molecular weight excluding hydrogens is 264 g/mol. The summed E-state index contributed by atoms with van der Waals surface area (Å²) >= 11 is 0. The topological polar surface area (TPSA) is 120 Å². The van der Waals surface area contributed by atoms with Crippen molar-refractivity contribution >= 4 is 17.8 Å². The van der Waals surface area contributed by atoms with Crippen molar-refractivity contribution in [3.8, 4) is 0 Å². The van der Waals surface area contributed by atoms with Crippen molar-refractivity contribution in [1.82, 2.24) is 30.7 Å². The first-order valence-electron chi connectivity index (χ1n) is 6.10. The maximum Gasteiger partial charge on any atom is 0.325 e. The van der Waals surface area contributed by atoms with Crippen LogP contribution in [0.1, 0.15) is 32.6 Å². The van der Waals surface area contributed by atoms with Gasteiger partial charge in [-0.2, -0.15) is 5.10 Å². The van der Waals surface area contributed by atoms with Gasteiger partial charge < -0.3 is 10.6 Å². The summed E-state index contributed by atoms with van der Waals surface area (Å²) in [7, 11) is 0. The molecule has 2 heterocycles. The van der Waals surface area contributed by atoms with Crippen LogP contribution in [-0.4, -0.2) is 50.0 Å². The molecule has 1 aliphatic rings. The van der Waals surface area contributed by atoms with Crippen LogP contribution < -0.4 is 10.6 Å². The molecule has 4 amide bonds. The highest BCUT2D eigenvalue weighted by molar-refractivity contribution is 6.08. The summed E-state index contributed by atoms with van der Waals surface area (Å²) in [5.41, 5.74) is -0.978. The van der Waals surface area contributed by atoms with Crippen LogP contribution in [0.4, 0.5) is 4.79 Å². The normalized spacial score (nSPS) is 18.9. The van der Waals surface area contributed by atoms with Crippen molar-refractivity contribution < 1.29 is 14.4 Å². The fourth-order valence-corrected chi connectivity index (χ4v) is 1.88. The van der Waals surface area contributed by atoms with Crippen molar-refractivity contribution in [3.63, 3.8) is 0 Å². The van der Waals surface area contributed by atoms with Crippen molar-refractivity contribution in [2.45, 2.75) is 32.4 Å². The van der Waals surface area contributed by atoms with Gasteiger partial charge in [0.05, 0.1) is 6.04 Å². The molecular formula is C11H16N6O3. The minimum absolute atomic E-state index is 0.327. The molecule has 1 aliphatic heterocycles. The SMILES string of the molecule is CC(NC(=O)CN1C(=O)NC(C)(C)C1=O)c1ncn[nH]1. The van der Waals surface area contributed by atoms with Crippen LogP contribution in [0.15, 0.2) is 6.33 Å². The number of carbonyl (C=O) groups excluding carboxylic acids is 3. The van der Waals surface area contributed by atoms with Gasteiger partial charge in [-0.3, -0.25) is 19.6 Å². The number of nitrogens with one attached hydrogen (secondary N) is 3. The van der Waals surface area contributed by atoms with Gasteiger partial charge in [0.15, 0.2) is 0 Å². The van der Waals surface area contributed by atoms with Crippen molar-refractivity contribution in [3.05, 3.63) is 12.2 Å². The van der Waals surface area contributed by atoms with Crippen LogP contribution in [0, 0.1) is 0 Å². The number of hydrogen-bond acceptors (Lipinski definition) is 5. The quantitative estimate of drug-likeness (QED) is 0.631. The van der Waals surface area contributed by atoms with Gasteiger partial charge in [0.25, 0.3) is 5.91 Å². The maximum atomic E-state index is 11.9. The summed E-state index contributed by atoms with van der Waals surface area (Å²) in [5.74, 6) is -0.379. The first kappa shape index (κ1) is 14.0. The second kappa shape index (κ2) is 4.91. The number of imide groups is 1. The zero-order chi connectivity index (χ0) is 14.9. The Hall–Kier alpha value is -2.45. The number of hydrogen-bond donors (Lipinski definition) is 3. The molecule has 1 aromatic rings. The monoisotopic (exact) mass is 280 g/mol. The zero-order valence-electron chi connectivity index (χ0n) is 11.4. The van der Waals surface area contributed by atoms with E-state index >= 15 is 0 Å². The zero-order valence-corrected chi connectivity index (χ0v) is 11.4. The molecule has 1 atom stereocenters. The Morgan fingerprint density at radius 1 is 1.50 bits per heavy atom. The lowest BCUT2D eigenvalue weighted by atomic mass is 10.1. The lowest BCUT2D eigenvalue weighted by Crippen LogP contribution is -2.43. The van der Waals surface area contributed by atoms with E-state index in [-0.39, 0.29) is 6.54 Å². The van der Waals surface area contributed by atoms with Crippen molar-refractivity contribution in [2.75, 3.05) is 6.54 Å². The van der Waals surface area contributed by atoms with Gasteiger partial charge in [0.1, 0.15) is 24.2 Å². The van der Waals surface area contributed by atoms with Gasteiger partial charge in [0.2, 0.25) is 5.91 Å². The average Bonchev–Trinajstić information content (AvgIpc) is 2.93. The summed E-state index contributed by atoms with van der Waals surface area (Å²) in [6.45, 7) is 4.56. The predicted molar refractivity (Wildman–Crippen MR) is 67.3 cm³/mol. The molecule has 0 aromatic carbocycles. The molecule has 3 N–H and O–H groups in total. The smallest absolute Gasteiger partial charge is 0.325 e. The summed E-state index contributed by atoms with van der Waals surface area (Å²) in [6, 6.07) is -0.957. The van der Waals surface area contributed by atoms with Crippen LogP contribution in [0.5, 0.6) is 0 Å². The molecule has 1 aromatic heterocycles. The molecule has 2 rings (SSSR count). The standard InChI is InChI=1S/C11H16N6O3/c1-6(8-12-5-13-16-8)14-7(18)4-17-9(19)11(2,3)15-10(17)20/h5-6H,4H2,1-3H3,(H,14,18)(H,15,20)(H,12,13,16).